The maximum absolute atomic E-state index is 3.51. The van der Waals surface area contributed by atoms with Gasteiger partial charge in [-0.2, -0.15) is 0 Å². The highest BCUT2D eigenvalue weighted by Crippen LogP contribution is 2.54. The molecule has 0 radical (unpaired) electrons. The highest BCUT2D eigenvalue weighted by Gasteiger charge is 2.43. The lowest BCUT2D eigenvalue weighted by molar-refractivity contribution is 0.577. The van der Waals surface area contributed by atoms with Gasteiger partial charge in [-0.05, 0) is 66.4 Å². The molecule has 0 amide bonds. The fourth-order valence-electron chi connectivity index (χ4n) is 4.31. The van der Waals surface area contributed by atoms with Crippen molar-refractivity contribution in [2.75, 3.05) is 4.90 Å². The second-order valence-corrected chi connectivity index (χ2v) is 8.34. The molecule has 0 saturated heterocycles. The van der Waals surface area contributed by atoms with Crippen molar-refractivity contribution in [3.8, 4) is 11.1 Å². The quantitative estimate of drug-likeness (QED) is 0.423. The maximum atomic E-state index is 3.51. The normalized spacial score (nSPS) is 20.2. The summed E-state index contributed by atoms with van der Waals surface area (Å²) in [6.07, 6.45) is 7.78. The molecule has 0 spiro atoms. The predicted molar refractivity (Wildman–Crippen MR) is 117 cm³/mol. The molecule has 2 aliphatic rings. The lowest BCUT2D eigenvalue weighted by Gasteiger charge is -2.31. The van der Waals surface area contributed by atoms with E-state index in [1.54, 1.807) is 0 Å². The van der Waals surface area contributed by atoms with Crippen molar-refractivity contribution in [3.05, 3.63) is 107 Å². The summed E-state index contributed by atoms with van der Waals surface area (Å²) in [5, 5.41) is 0. The summed E-state index contributed by atoms with van der Waals surface area (Å²) < 4.78 is 1.10. The number of allylic oxidation sites excluding steroid dienone is 4. The van der Waals surface area contributed by atoms with Crippen molar-refractivity contribution in [3.63, 3.8) is 0 Å². The van der Waals surface area contributed by atoms with Crippen LogP contribution in [0, 0.1) is 0 Å². The van der Waals surface area contributed by atoms with Gasteiger partial charge in [0.2, 0.25) is 0 Å². The Morgan fingerprint density at radius 3 is 2.26 bits per heavy atom. The van der Waals surface area contributed by atoms with Gasteiger partial charge in [-0.3, -0.25) is 0 Å². The topological polar surface area (TPSA) is 3.24 Å². The van der Waals surface area contributed by atoms with Gasteiger partial charge < -0.3 is 4.90 Å². The van der Waals surface area contributed by atoms with Crippen LogP contribution in [0.3, 0.4) is 0 Å². The van der Waals surface area contributed by atoms with Gasteiger partial charge in [0.05, 0.1) is 0 Å². The van der Waals surface area contributed by atoms with E-state index >= 15 is 0 Å². The second-order valence-electron chi connectivity index (χ2n) is 7.42. The van der Waals surface area contributed by atoms with Crippen LogP contribution in [0.4, 0.5) is 11.4 Å². The second kappa shape index (κ2) is 6.24. The van der Waals surface area contributed by atoms with Crippen LogP contribution >= 0.6 is 15.9 Å². The number of hydrogen-bond acceptors (Lipinski definition) is 1. The van der Waals surface area contributed by atoms with Crippen molar-refractivity contribution in [2.24, 2.45) is 0 Å². The molecule has 132 valence electrons. The molecule has 1 nitrogen and oxygen atoms in total. The largest absolute Gasteiger partial charge is 0.313 e. The van der Waals surface area contributed by atoms with Crippen molar-refractivity contribution in [1.82, 2.24) is 0 Å². The number of anilines is 2. The Bertz CT molecular complexity index is 1060. The van der Waals surface area contributed by atoms with Gasteiger partial charge >= 0.3 is 0 Å². The summed E-state index contributed by atoms with van der Waals surface area (Å²) in [6.45, 7) is 2.36. The average molecular weight is 414 g/mol. The van der Waals surface area contributed by atoms with E-state index in [2.05, 4.69) is 119 Å². The van der Waals surface area contributed by atoms with Crippen LogP contribution in [0.15, 0.2) is 101 Å². The fraction of sp³-hybridized carbons (Fsp3) is 0.120. The van der Waals surface area contributed by atoms with E-state index in [0.29, 0.717) is 0 Å². The van der Waals surface area contributed by atoms with E-state index in [9.17, 15) is 0 Å². The molecule has 1 unspecified atom stereocenters. The standard InChI is InChI=1S/C25H20BrN/c1-25-17-5-4-8-24(25)27(23-7-3-2-6-22(23)25)21-15-11-19(12-16-21)18-9-13-20(26)14-10-18/h2-16H,17H2,1H3. The van der Waals surface area contributed by atoms with E-state index < -0.39 is 0 Å². The zero-order valence-corrected chi connectivity index (χ0v) is 16.8. The average Bonchev–Trinajstić information content (AvgIpc) is 2.98. The minimum atomic E-state index is 0.0513. The third kappa shape index (κ3) is 2.59. The third-order valence-corrected chi connectivity index (χ3v) is 6.29. The van der Waals surface area contributed by atoms with Crippen LogP contribution in [0.2, 0.25) is 0 Å². The number of benzene rings is 3. The van der Waals surface area contributed by atoms with Gasteiger partial charge in [0.15, 0.2) is 0 Å². The molecule has 27 heavy (non-hydrogen) atoms. The number of para-hydroxylation sites is 1. The van der Waals surface area contributed by atoms with Crippen LogP contribution in [-0.4, -0.2) is 0 Å². The molecule has 0 saturated carbocycles. The molecule has 0 fully saturated rings. The lowest BCUT2D eigenvalue weighted by Crippen LogP contribution is -2.26. The summed E-state index contributed by atoms with van der Waals surface area (Å²) in [5.41, 5.74) is 7.81. The summed E-state index contributed by atoms with van der Waals surface area (Å²) >= 11 is 3.51. The number of fused-ring (bicyclic) bond motifs is 3. The Hall–Kier alpha value is -2.58. The highest BCUT2D eigenvalue weighted by molar-refractivity contribution is 9.10. The molecule has 1 heterocycles. The van der Waals surface area contributed by atoms with Crippen molar-refractivity contribution in [2.45, 2.75) is 18.8 Å². The Morgan fingerprint density at radius 2 is 1.52 bits per heavy atom. The zero-order chi connectivity index (χ0) is 18.4. The summed E-state index contributed by atoms with van der Waals surface area (Å²) in [7, 11) is 0. The Kier molecular flexibility index (Phi) is 3.84. The lowest BCUT2D eigenvalue weighted by atomic mass is 9.77. The first kappa shape index (κ1) is 16.6. The number of nitrogens with zero attached hydrogens (tertiary/aromatic N) is 1. The van der Waals surface area contributed by atoms with Gasteiger partial charge in [-0.1, -0.05) is 70.5 Å². The molecule has 0 aromatic heterocycles. The molecule has 0 bridgehead atoms. The maximum Gasteiger partial charge on any atom is 0.0500 e. The third-order valence-electron chi connectivity index (χ3n) is 5.76. The minimum Gasteiger partial charge on any atom is -0.313 e. The van der Waals surface area contributed by atoms with Gasteiger partial charge in [0.25, 0.3) is 0 Å². The molecular weight excluding hydrogens is 394 g/mol. The molecule has 5 rings (SSSR count). The van der Waals surface area contributed by atoms with Crippen molar-refractivity contribution in [1.29, 1.82) is 0 Å². The van der Waals surface area contributed by atoms with E-state index in [0.717, 1.165) is 10.9 Å². The van der Waals surface area contributed by atoms with Crippen molar-refractivity contribution < 1.29 is 0 Å². The molecule has 2 heteroatoms. The van der Waals surface area contributed by atoms with Gasteiger partial charge in [-0.25, -0.2) is 0 Å². The monoisotopic (exact) mass is 413 g/mol. The van der Waals surface area contributed by atoms with E-state index in [1.165, 1.54) is 33.8 Å². The summed E-state index contributed by atoms with van der Waals surface area (Å²) in [4.78, 5) is 2.42. The first-order chi connectivity index (χ1) is 13.2. The first-order valence-corrected chi connectivity index (χ1v) is 10.1. The Balaban J connectivity index is 1.59. The summed E-state index contributed by atoms with van der Waals surface area (Å²) in [6, 6.07) is 26.2. The Morgan fingerprint density at radius 1 is 0.852 bits per heavy atom. The molecule has 3 aromatic rings. The molecule has 0 N–H and O–H groups in total. The molecule has 3 aromatic carbocycles. The predicted octanol–water partition coefficient (Wildman–Crippen LogP) is 7.37. The van der Waals surface area contributed by atoms with E-state index in [-0.39, 0.29) is 5.41 Å². The van der Waals surface area contributed by atoms with E-state index in [4.69, 9.17) is 0 Å². The number of halogens is 1. The van der Waals surface area contributed by atoms with Crippen LogP contribution in [0.5, 0.6) is 0 Å². The van der Waals surface area contributed by atoms with Crippen LogP contribution in [0.1, 0.15) is 18.9 Å². The van der Waals surface area contributed by atoms with Crippen LogP contribution in [-0.2, 0) is 5.41 Å². The highest BCUT2D eigenvalue weighted by atomic mass is 79.9. The smallest absolute Gasteiger partial charge is 0.0500 e. The van der Waals surface area contributed by atoms with Crippen molar-refractivity contribution >= 4 is 27.3 Å². The minimum absolute atomic E-state index is 0.0513. The van der Waals surface area contributed by atoms with Crippen LogP contribution < -0.4 is 4.90 Å². The Labute approximate surface area is 168 Å². The number of rotatable bonds is 2. The zero-order valence-electron chi connectivity index (χ0n) is 15.2. The van der Waals surface area contributed by atoms with Gasteiger partial charge in [-0.15, -0.1) is 0 Å². The van der Waals surface area contributed by atoms with Gasteiger partial charge in [0.1, 0.15) is 0 Å². The molecule has 1 atom stereocenters. The SMILES string of the molecule is CC12CC=CC=C1N(c1ccc(-c3ccc(Br)cc3)cc1)c1ccccc12. The molecule has 1 aliphatic heterocycles. The molecule has 1 aliphatic carbocycles. The molecular formula is C25H20BrN. The number of hydrogen-bond donors (Lipinski definition) is 0. The van der Waals surface area contributed by atoms with E-state index in [1.807, 2.05) is 0 Å². The van der Waals surface area contributed by atoms with Crippen LogP contribution in [0.25, 0.3) is 11.1 Å². The first-order valence-electron chi connectivity index (χ1n) is 9.30. The fourth-order valence-corrected chi connectivity index (χ4v) is 4.57. The summed E-state index contributed by atoms with van der Waals surface area (Å²) in [5.74, 6) is 0. The van der Waals surface area contributed by atoms with Gasteiger partial charge in [0, 0.05) is 27.0 Å².